The van der Waals surface area contributed by atoms with Crippen LogP contribution in [0.15, 0.2) is 24.3 Å². The molecule has 1 nitrogen and oxygen atoms in total. The summed E-state index contributed by atoms with van der Waals surface area (Å²) in [5.41, 5.74) is 2.27. The van der Waals surface area contributed by atoms with Crippen molar-refractivity contribution in [3.63, 3.8) is 0 Å². The molecule has 0 radical (unpaired) electrons. The van der Waals surface area contributed by atoms with Gasteiger partial charge in [-0.15, -0.1) is 12.4 Å². The topological polar surface area (TPSA) is 12.0 Å². The van der Waals surface area contributed by atoms with Gasteiger partial charge in [0.1, 0.15) is 5.82 Å². The van der Waals surface area contributed by atoms with E-state index in [1.807, 2.05) is 0 Å². The van der Waals surface area contributed by atoms with Crippen LogP contribution in [0, 0.1) is 5.82 Å². The van der Waals surface area contributed by atoms with Gasteiger partial charge in [-0.2, -0.15) is 0 Å². The standard InChI is InChI=1S/C11H11ClFN.ClH/c12-10-7-9(1-2-11(10)13)8-3-5-14-6-4-8;/h1-3,7,14H,4-6H2;1H. The van der Waals surface area contributed by atoms with E-state index in [1.165, 1.54) is 11.6 Å². The molecule has 0 saturated carbocycles. The molecule has 0 bridgehead atoms. The monoisotopic (exact) mass is 247 g/mol. The third-order valence-electron chi connectivity index (χ3n) is 2.35. The predicted octanol–water partition coefficient (Wildman–Crippen LogP) is 3.28. The van der Waals surface area contributed by atoms with E-state index in [0.29, 0.717) is 0 Å². The maximum absolute atomic E-state index is 12.9. The fourth-order valence-corrected chi connectivity index (χ4v) is 1.76. The van der Waals surface area contributed by atoms with Crippen molar-refractivity contribution < 1.29 is 4.39 Å². The van der Waals surface area contributed by atoms with Crippen LogP contribution >= 0.6 is 24.0 Å². The van der Waals surface area contributed by atoms with Gasteiger partial charge in [0.25, 0.3) is 0 Å². The van der Waals surface area contributed by atoms with Gasteiger partial charge in [-0.05, 0) is 36.2 Å². The molecule has 1 N–H and O–H groups in total. The first-order valence-electron chi connectivity index (χ1n) is 4.62. The summed E-state index contributed by atoms with van der Waals surface area (Å²) < 4.78 is 12.9. The SMILES string of the molecule is Cl.Fc1ccc(C2=CCNCC2)cc1Cl. The lowest BCUT2D eigenvalue weighted by molar-refractivity contribution is 0.628. The van der Waals surface area contributed by atoms with Gasteiger partial charge in [-0.25, -0.2) is 4.39 Å². The second kappa shape index (κ2) is 5.50. The molecule has 82 valence electrons. The second-order valence-corrected chi connectivity index (χ2v) is 3.72. The molecule has 0 saturated heterocycles. The lowest BCUT2D eigenvalue weighted by Crippen LogP contribution is -2.19. The zero-order chi connectivity index (χ0) is 9.97. The zero-order valence-electron chi connectivity index (χ0n) is 8.09. The van der Waals surface area contributed by atoms with Crippen LogP contribution in [-0.4, -0.2) is 13.1 Å². The average molecular weight is 248 g/mol. The molecule has 1 heterocycles. The summed E-state index contributed by atoms with van der Waals surface area (Å²) in [6, 6.07) is 4.88. The van der Waals surface area contributed by atoms with E-state index in [0.717, 1.165) is 25.1 Å². The van der Waals surface area contributed by atoms with Gasteiger partial charge >= 0.3 is 0 Å². The summed E-state index contributed by atoms with van der Waals surface area (Å²) in [7, 11) is 0. The first kappa shape index (κ1) is 12.5. The first-order chi connectivity index (χ1) is 6.77. The lowest BCUT2D eigenvalue weighted by atomic mass is 10.0. The van der Waals surface area contributed by atoms with E-state index in [9.17, 15) is 4.39 Å². The highest BCUT2D eigenvalue weighted by Crippen LogP contribution is 2.24. The highest BCUT2D eigenvalue weighted by atomic mass is 35.5. The second-order valence-electron chi connectivity index (χ2n) is 3.31. The van der Waals surface area contributed by atoms with Crippen molar-refractivity contribution in [2.24, 2.45) is 0 Å². The quantitative estimate of drug-likeness (QED) is 0.804. The van der Waals surface area contributed by atoms with E-state index in [2.05, 4.69) is 11.4 Å². The van der Waals surface area contributed by atoms with Gasteiger partial charge in [0.15, 0.2) is 0 Å². The lowest BCUT2D eigenvalue weighted by Gasteiger charge is -2.14. The highest BCUT2D eigenvalue weighted by Gasteiger charge is 2.07. The summed E-state index contributed by atoms with van der Waals surface area (Å²) in [5.74, 6) is -0.357. The zero-order valence-corrected chi connectivity index (χ0v) is 9.67. The molecule has 4 heteroatoms. The van der Waals surface area contributed by atoms with Crippen LogP contribution in [-0.2, 0) is 0 Å². The van der Waals surface area contributed by atoms with Crippen molar-refractivity contribution in [3.05, 3.63) is 40.7 Å². The Balaban J connectivity index is 0.00000112. The van der Waals surface area contributed by atoms with Crippen LogP contribution < -0.4 is 5.32 Å². The van der Waals surface area contributed by atoms with Gasteiger partial charge in [0, 0.05) is 6.54 Å². The molecule has 0 aliphatic carbocycles. The maximum Gasteiger partial charge on any atom is 0.141 e. The minimum atomic E-state index is -0.357. The van der Waals surface area contributed by atoms with Crippen LogP contribution in [0.25, 0.3) is 5.57 Å². The molecule has 0 spiro atoms. The van der Waals surface area contributed by atoms with Gasteiger partial charge in [0.2, 0.25) is 0 Å². The van der Waals surface area contributed by atoms with Crippen molar-refractivity contribution in [3.8, 4) is 0 Å². The minimum absolute atomic E-state index is 0. The summed E-state index contributed by atoms with van der Waals surface area (Å²) in [6.45, 7) is 1.85. The molecule has 1 aliphatic heterocycles. The Morgan fingerprint density at radius 2 is 2.13 bits per heavy atom. The Morgan fingerprint density at radius 1 is 1.33 bits per heavy atom. The molecule has 0 atom stereocenters. The fourth-order valence-electron chi connectivity index (χ4n) is 1.58. The van der Waals surface area contributed by atoms with E-state index in [-0.39, 0.29) is 23.2 Å². The molecule has 1 aliphatic rings. The van der Waals surface area contributed by atoms with Crippen molar-refractivity contribution in [1.82, 2.24) is 5.32 Å². The Hall–Kier alpha value is -0.570. The van der Waals surface area contributed by atoms with Crippen molar-refractivity contribution in [2.75, 3.05) is 13.1 Å². The summed E-state index contributed by atoms with van der Waals surface area (Å²) in [4.78, 5) is 0. The molecule has 2 rings (SSSR count). The molecule has 0 amide bonds. The van der Waals surface area contributed by atoms with E-state index >= 15 is 0 Å². The van der Waals surface area contributed by atoms with Crippen molar-refractivity contribution >= 4 is 29.6 Å². The number of rotatable bonds is 1. The van der Waals surface area contributed by atoms with Crippen LogP contribution in [0.4, 0.5) is 4.39 Å². The highest BCUT2D eigenvalue weighted by molar-refractivity contribution is 6.30. The van der Waals surface area contributed by atoms with Crippen LogP contribution in [0.5, 0.6) is 0 Å². The van der Waals surface area contributed by atoms with Crippen LogP contribution in [0.3, 0.4) is 0 Å². The summed E-state index contributed by atoms with van der Waals surface area (Å²) in [5, 5.41) is 3.42. The fraction of sp³-hybridized carbons (Fsp3) is 0.273. The van der Waals surface area contributed by atoms with Gasteiger partial charge in [0.05, 0.1) is 5.02 Å². The molecule has 1 aromatic rings. The first-order valence-corrected chi connectivity index (χ1v) is 5.00. The summed E-state index contributed by atoms with van der Waals surface area (Å²) >= 11 is 5.72. The van der Waals surface area contributed by atoms with Crippen LogP contribution in [0.2, 0.25) is 5.02 Å². The molecule has 15 heavy (non-hydrogen) atoms. The molecule has 0 fully saturated rings. The van der Waals surface area contributed by atoms with E-state index in [1.54, 1.807) is 12.1 Å². The molecular weight excluding hydrogens is 236 g/mol. The smallest absolute Gasteiger partial charge is 0.141 e. The van der Waals surface area contributed by atoms with Gasteiger partial charge in [-0.1, -0.05) is 23.7 Å². The Kier molecular flexibility index (Phi) is 4.58. The largest absolute Gasteiger partial charge is 0.313 e. The number of nitrogens with one attached hydrogen (secondary N) is 1. The number of hydrogen-bond acceptors (Lipinski definition) is 1. The average Bonchev–Trinajstić information content (AvgIpc) is 2.23. The summed E-state index contributed by atoms with van der Waals surface area (Å²) in [6.07, 6.45) is 3.09. The van der Waals surface area contributed by atoms with Gasteiger partial charge < -0.3 is 5.32 Å². The number of hydrogen-bond donors (Lipinski definition) is 1. The van der Waals surface area contributed by atoms with Crippen molar-refractivity contribution in [1.29, 1.82) is 0 Å². The Morgan fingerprint density at radius 3 is 2.73 bits per heavy atom. The van der Waals surface area contributed by atoms with Gasteiger partial charge in [-0.3, -0.25) is 0 Å². The number of benzene rings is 1. The van der Waals surface area contributed by atoms with Crippen molar-refractivity contribution in [2.45, 2.75) is 6.42 Å². The molecule has 1 aromatic carbocycles. The van der Waals surface area contributed by atoms with E-state index in [4.69, 9.17) is 11.6 Å². The molecular formula is C11H12Cl2FN. The minimum Gasteiger partial charge on any atom is -0.313 e. The van der Waals surface area contributed by atoms with E-state index < -0.39 is 0 Å². The third-order valence-corrected chi connectivity index (χ3v) is 2.64. The predicted molar refractivity (Wildman–Crippen MR) is 64.1 cm³/mol. The molecule has 0 aromatic heterocycles. The number of halogens is 3. The third kappa shape index (κ3) is 2.94. The molecule has 0 unspecified atom stereocenters. The van der Waals surface area contributed by atoms with Crippen LogP contribution in [0.1, 0.15) is 12.0 Å². The maximum atomic E-state index is 12.9. The normalized spacial score (nSPS) is 15.5. The Labute approximate surface area is 99.7 Å². The Bertz CT molecular complexity index is 377.